The standard InChI is InChI=1S/C19H23N3O4/c1-3-26-19(24)14-5-7-16(8-6-14)22-18(23)15-11-17(13-20-12-15)21-9-4-10-25-2/h5-8,11-13,21H,3-4,9-10H2,1-2H3,(H,22,23). The Morgan fingerprint density at radius 1 is 1.08 bits per heavy atom. The summed E-state index contributed by atoms with van der Waals surface area (Å²) in [5.74, 6) is -0.663. The lowest BCUT2D eigenvalue weighted by atomic mass is 10.2. The molecule has 1 amide bonds. The molecule has 26 heavy (non-hydrogen) atoms. The van der Waals surface area contributed by atoms with Gasteiger partial charge in [0.25, 0.3) is 5.91 Å². The lowest BCUT2D eigenvalue weighted by Gasteiger charge is -2.09. The number of benzene rings is 1. The van der Waals surface area contributed by atoms with Crippen LogP contribution in [0.1, 0.15) is 34.1 Å². The van der Waals surface area contributed by atoms with Crippen LogP contribution in [0.15, 0.2) is 42.7 Å². The van der Waals surface area contributed by atoms with Crippen molar-refractivity contribution in [1.82, 2.24) is 4.98 Å². The Hall–Kier alpha value is -2.93. The van der Waals surface area contributed by atoms with Crippen molar-refractivity contribution in [3.8, 4) is 0 Å². The summed E-state index contributed by atoms with van der Waals surface area (Å²) in [6, 6.07) is 8.27. The molecule has 0 aliphatic carbocycles. The quantitative estimate of drug-likeness (QED) is 0.530. The predicted molar refractivity (Wildman–Crippen MR) is 99.6 cm³/mol. The topological polar surface area (TPSA) is 89.5 Å². The summed E-state index contributed by atoms with van der Waals surface area (Å²) in [5.41, 5.74) is 2.23. The van der Waals surface area contributed by atoms with Crippen molar-refractivity contribution in [2.45, 2.75) is 13.3 Å². The minimum Gasteiger partial charge on any atom is -0.462 e. The molecule has 0 bridgehead atoms. The maximum Gasteiger partial charge on any atom is 0.338 e. The van der Waals surface area contributed by atoms with Gasteiger partial charge in [0.2, 0.25) is 0 Å². The number of rotatable bonds is 9. The third-order valence-electron chi connectivity index (χ3n) is 3.51. The smallest absolute Gasteiger partial charge is 0.338 e. The van der Waals surface area contributed by atoms with E-state index in [1.807, 2.05) is 0 Å². The first-order chi connectivity index (χ1) is 12.6. The van der Waals surface area contributed by atoms with Crippen LogP contribution in [0.3, 0.4) is 0 Å². The van der Waals surface area contributed by atoms with Crippen LogP contribution in [0.5, 0.6) is 0 Å². The molecule has 7 nitrogen and oxygen atoms in total. The molecular weight excluding hydrogens is 334 g/mol. The number of carbonyl (C=O) groups excluding carboxylic acids is 2. The van der Waals surface area contributed by atoms with Gasteiger partial charge in [-0.2, -0.15) is 0 Å². The van der Waals surface area contributed by atoms with Gasteiger partial charge in [-0.25, -0.2) is 4.79 Å². The fourth-order valence-electron chi connectivity index (χ4n) is 2.22. The number of methoxy groups -OCH3 is 1. The van der Waals surface area contributed by atoms with E-state index in [1.165, 1.54) is 6.20 Å². The second-order valence-corrected chi connectivity index (χ2v) is 5.49. The van der Waals surface area contributed by atoms with Crippen LogP contribution in [0.25, 0.3) is 0 Å². The minimum atomic E-state index is -0.387. The fraction of sp³-hybridized carbons (Fsp3) is 0.316. The first kappa shape index (κ1) is 19.4. The van der Waals surface area contributed by atoms with E-state index < -0.39 is 0 Å². The first-order valence-electron chi connectivity index (χ1n) is 8.40. The third kappa shape index (κ3) is 5.86. The van der Waals surface area contributed by atoms with Crippen LogP contribution >= 0.6 is 0 Å². The average Bonchev–Trinajstić information content (AvgIpc) is 2.66. The zero-order valence-corrected chi connectivity index (χ0v) is 15.0. The molecule has 0 saturated heterocycles. The molecule has 2 N–H and O–H groups in total. The zero-order valence-electron chi connectivity index (χ0n) is 15.0. The van der Waals surface area contributed by atoms with Crippen LogP contribution in [0, 0.1) is 0 Å². The van der Waals surface area contributed by atoms with E-state index in [0.717, 1.165) is 18.7 Å². The minimum absolute atomic E-state index is 0.276. The van der Waals surface area contributed by atoms with Gasteiger partial charge in [0.1, 0.15) is 0 Å². The van der Waals surface area contributed by atoms with Gasteiger partial charge >= 0.3 is 5.97 Å². The summed E-state index contributed by atoms with van der Waals surface area (Å²) in [6.07, 6.45) is 4.03. The normalized spacial score (nSPS) is 10.2. The Balaban J connectivity index is 1.95. The van der Waals surface area contributed by atoms with Gasteiger partial charge in [-0.1, -0.05) is 0 Å². The number of esters is 1. The highest BCUT2D eigenvalue weighted by Gasteiger charge is 2.09. The highest BCUT2D eigenvalue weighted by molar-refractivity contribution is 6.04. The summed E-state index contributed by atoms with van der Waals surface area (Å²) >= 11 is 0. The Bertz CT molecular complexity index is 732. The van der Waals surface area contributed by atoms with Gasteiger partial charge in [-0.3, -0.25) is 9.78 Å². The molecule has 0 unspecified atom stereocenters. The average molecular weight is 357 g/mol. The Morgan fingerprint density at radius 2 is 1.85 bits per heavy atom. The van der Waals surface area contributed by atoms with E-state index in [4.69, 9.17) is 9.47 Å². The summed E-state index contributed by atoms with van der Waals surface area (Å²) in [6.45, 7) is 3.47. The molecule has 0 aliphatic rings. The van der Waals surface area contributed by atoms with Crippen molar-refractivity contribution in [1.29, 1.82) is 0 Å². The van der Waals surface area contributed by atoms with Crippen LogP contribution in [0.4, 0.5) is 11.4 Å². The molecule has 0 spiro atoms. The lowest BCUT2D eigenvalue weighted by molar-refractivity contribution is 0.0526. The SMILES string of the molecule is CCOC(=O)c1ccc(NC(=O)c2cncc(NCCCOC)c2)cc1. The van der Waals surface area contributed by atoms with Crippen LogP contribution in [-0.2, 0) is 9.47 Å². The molecule has 7 heteroatoms. The summed E-state index contributed by atoms with van der Waals surface area (Å²) < 4.78 is 9.93. The van der Waals surface area contributed by atoms with Crippen LogP contribution < -0.4 is 10.6 Å². The van der Waals surface area contributed by atoms with Crippen molar-refractivity contribution < 1.29 is 19.1 Å². The van der Waals surface area contributed by atoms with Crippen LogP contribution in [0.2, 0.25) is 0 Å². The van der Waals surface area contributed by atoms with Gasteiger partial charge < -0.3 is 20.1 Å². The van der Waals surface area contributed by atoms with Crippen molar-refractivity contribution in [2.75, 3.05) is 37.5 Å². The number of ether oxygens (including phenoxy) is 2. The number of nitrogens with one attached hydrogen (secondary N) is 2. The Morgan fingerprint density at radius 3 is 2.54 bits per heavy atom. The molecule has 138 valence electrons. The second kappa shape index (κ2) is 10.1. The number of amides is 1. The molecule has 0 fully saturated rings. The second-order valence-electron chi connectivity index (χ2n) is 5.49. The summed E-state index contributed by atoms with van der Waals surface area (Å²) in [5, 5.41) is 5.98. The molecule has 0 atom stereocenters. The first-order valence-corrected chi connectivity index (χ1v) is 8.40. The van der Waals surface area contributed by atoms with E-state index in [0.29, 0.717) is 30.0 Å². The van der Waals surface area contributed by atoms with Crippen molar-refractivity contribution in [3.05, 3.63) is 53.9 Å². The van der Waals surface area contributed by atoms with E-state index in [1.54, 1.807) is 50.6 Å². The maximum atomic E-state index is 12.4. The number of pyridine rings is 1. The highest BCUT2D eigenvalue weighted by Crippen LogP contribution is 2.14. The molecule has 1 aromatic heterocycles. The third-order valence-corrected chi connectivity index (χ3v) is 3.51. The van der Waals surface area contributed by atoms with E-state index in [-0.39, 0.29) is 11.9 Å². The molecule has 2 aromatic rings. The molecule has 0 radical (unpaired) electrons. The van der Waals surface area contributed by atoms with Gasteiger partial charge in [-0.05, 0) is 43.7 Å². The maximum absolute atomic E-state index is 12.4. The molecule has 1 aromatic carbocycles. The van der Waals surface area contributed by atoms with Crippen molar-refractivity contribution in [3.63, 3.8) is 0 Å². The van der Waals surface area contributed by atoms with Gasteiger partial charge in [0, 0.05) is 38.3 Å². The monoisotopic (exact) mass is 357 g/mol. The zero-order chi connectivity index (χ0) is 18.8. The van der Waals surface area contributed by atoms with Crippen molar-refractivity contribution >= 4 is 23.3 Å². The number of aromatic nitrogens is 1. The number of hydrogen-bond donors (Lipinski definition) is 2. The lowest BCUT2D eigenvalue weighted by Crippen LogP contribution is -2.13. The molecular formula is C19H23N3O4. The van der Waals surface area contributed by atoms with Gasteiger partial charge in [0.15, 0.2) is 0 Å². The van der Waals surface area contributed by atoms with E-state index >= 15 is 0 Å². The summed E-state index contributed by atoms with van der Waals surface area (Å²) in [4.78, 5) is 28.1. The molecule has 2 rings (SSSR count). The largest absolute Gasteiger partial charge is 0.462 e. The Labute approximate surface area is 152 Å². The number of anilines is 2. The van der Waals surface area contributed by atoms with Gasteiger partial charge in [-0.15, -0.1) is 0 Å². The fourth-order valence-corrected chi connectivity index (χ4v) is 2.22. The van der Waals surface area contributed by atoms with Crippen LogP contribution in [-0.4, -0.2) is 43.7 Å². The van der Waals surface area contributed by atoms with Crippen molar-refractivity contribution in [2.24, 2.45) is 0 Å². The summed E-state index contributed by atoms with van der Waals surface area (Å²) in [7, 11) is 1.66. The Kier molecular flexibility index (Phi) is 7.57. The number of hydrogen-bond acceptors (Lipinski definition) is 6. The van der Waals surface area contributed by atoms with Gasteiger partial charge in [0.05, 0.1) is 23.4 Å². The predicted octanol–water partition coefficient (Wildman–Crippen LogP) is 2.96. The van der Waals surface area contributed by atoms with E-state index in [9.17, 15) is 9.59 Å². The molecule has 0 saturated carbocycles. The number of carbonyl (C=O) groups is 2. The number of nitrogens with zero attached hydrogens (tertiary/aromatic N) is 1. The molecule has 0 aliphatic heterocycles. The van der Waals surface area contributed by atoms with E-state index in [2.05, 4.69) is 15.6 Å². The highest BCUT2D eigenvalue weighted by atomic mass is 16.5. The molecule has 1 heterocycles.